The summed E-state index contributed by atoms with van der Waals surface area (Å²) in [5, 5.41) is 11.7. The molecule has 4 rings (SSSR count). The van der Waals surface area contributed by atoms with Gasteiger partial charge < -0.3 is 4.74 Å². The van der Waals surface area contributed by atoms with Crippen molar-refractivity contribution in [2.45, 2.75) is 31.9 Å². The zero-order chi connectivity index (χ0) is 19.0. The maximum absolute atomic E-state index is 13.9. The average molecular weight is 379 g/mol. The highest BCUT2D eigenvalue weighted by Gasteiger charge is 2.27. The van der Waals surface area contributed by atoms with Crippen molar-refractivity contribution in [1.82, 2.24) is 24.8 Å². The van der Waals surface area contributed by atoms with Crippen LogP contribution in [0.1, 0.15) is 36.6 Å². The zero-order valence-corrected chi connectivity index (χ0v) is 14.2. The second kappa shape index (κ2) is 7.10. The van der Waals surface area contributed by atoms with Crippen molar-refractivity contribution in [3.8, 4) is 0 Å². The molecule has 1 fully saturated rings. The second-order valence-electron chi connectivity index (χ2n) is 6.31. The Morgan fingerprint density at radius 1 is 1.19 bits per heavy atom. The van der Waals surface area contributed by atoms with Crippen LogP contribution < -0.4 is 5.56 Å². The molecule has 2 aromatic heterocycles. The second-order valence-corrected chi connectivity index (χ2v) is 6.31. The number of hydrogen-bond donors (Lipinski definition) is 0. The first-order valence-corrected chi connectivity index (χ1v) is 8.51. The molecule has 1 saturated heterocycles. The Labute approximate surface area is 151 Å². The predicted octanol–water partition coefficient (Wildman–Crippen LogP) is 2.46. The molecule has 3 heterocycles. The van der Waals surface area contributed by atoms with E-state index in [0.29, 0.717) is 26.1 Å². The van der Waals surface area contributed by atoms with Crippen molar-refractivity contribution in [2.75, 3.05) is 13.2 Å². The van der Waals surface area contributed by atoms with Gasteiger partial charge in [-0.15, -0.1) is 5.10 Å². The highest BCUT2D eigenvalue weighted by Crippen LogP contribution is 2.26. The standard InChI is InChI=1S/C17H16F3N5O2/c18-12-4-2-1-3-10(12)9-24-15(16(19)20)13-14(22-24)17(26)25(23-21-13)11-5-7-27-8-6-11/h1-4,11,16H,5-9H2. The van der Waals surface area contributed by atoms with Gasteiger partial charge in [-0.2, -0.15) is 5.10 Å². The molecule has 7 nitrogen and oxygen atoms in total. The molecule has 142 valence electrons. The van der Waals surface area contributed by atoms with Crippen LogP contribution in [0.15, 0.2) is 29.1 Å². The third-order valence-electron chi connectivity index (χ3n) is 4.64. The number of fused-ring (bicyclic) bond motifs is 1. The molecule has 1 aliphatic rings. The number of alkyl halides is 2. The van der Waals surface area contributed by atoms with E-state index in [9.17, 15) is 18.0 Å². The highest BCUT2D eigenvalue weighted by atomic mass is 19.3. The number of benzene rings is 1. The fourth-order valence-corrected chi connectivity index (χ4v) is 3.24. The first-order chi connectivity index (χ1) is 13.1. The Hall–Kier alpha value is -2.75. The van der Waals surface area contributed by atoms with Crippen LogP contribution in [0.2, 0.25) is 0 Å². The molecule has 0 atom stereocenters. The molecule has 0 bridgehead atoms. The van der Waals surface area contributed by atoms with Crippen molar-refractivity contribution in [2.24, 2.45) is 0 Å². The Bertz CT molecular complexity index is 1030. The Morgan fingerprint density at radius 2 is 1.93 bits per heavy atom. The first kappa shape index (κ1) is 17.7. The van der Waals surface area contributed by atoms with Crippen LogP contribution in [0.5, 0.6) is 0 Å². The monoisotopic (exact) mass is 379 g/mol. The van der Waals surface area contributed by atoms with E-state index in [1.165, 1.54) is 22.9 Å². The number of aromatic nitrogens is 5. The zero-order valence-electron chi connectivity index (χ0n) is 14.2. The minimum Gasteiger partial charge on any atom is -0.381 e. The van der Waals surface area contributed by atoms with E-state index in [2.05, 4.69) is 15.4 Å². The van der Waals surface area contributed by atoms with Gasteiger partial charge in [-0.05, 0) is 18.9 Å². The minimum absolute atomic E-state index is 0.185. The van der Waals surface area contributed by atoms with E-state index in [4.69, 9.17) is 4.74 Å². The molecular weight excluding hydrogens is 363 g/mol. The van der Waals surface area contributed by atoms with Crippen LogP contribution in [0.3, 0.4) is 0 Å². The van der Waals surface area contributed by atoms with E-state index in [-0.39, 0.29) is 29.2 Å². The van der Waals surface area contributed by atoms with Gasteiger partial charge >= 0.3 is 0 Å². The summed E-state index contributed by atoms with van der Waals surface area (Å²) in [4.78, 5) is 12.8. The van der Waals surface area contributed by atoms with Gasteiger partial charge in [0.1, 0.15) is 17.0 Å². The molecule has 27 heavy (non-hydrogen) atoms. The fraction of sp³-hybridized carbons (Fsp3) is 0.412. The molecule has 0 N–H and O–H groups in total. The molecule has 0 amide bonds. The summed E-state index contributed by atoms with van der Waals surface area (Å²) in [6.07, 6.45) is -1.77. The van der Waals surface area contributed by atoms with Gasteiger partial charge in [0.25, 0.3) is 12.0 Å². The lowest BCUT2D eigenvalue weighted by Gasteiger charge is -2.22. The first-order valence-electron chi connectivity index (χ1n) is 8.51. The van der Waals surface area contributed by atoms with Crippen LogP contribution in [-0.2, 0) is 11.3 Å². The molecule has 0 unspecified atom stereocenters. The number of hydrogen-bond acceptors (Lipinski definition) is 5. The summed E-state index contributed by atoms with van der Waals surface area (Å²) >= 11 is 0. The molecule has 0 radical (unpaired) electrons. The number of rotatable bonds is 4. The summed E-state index contributed by atoms with van der Waals surface area (Å²) < 4.78 is 48.6. The van der Waals surface area contributed by atoms with Gasteiger partial charge in [0.15, 0.2) is 5.52 Å². The fourth-order valence-electron chi connectivity index (χ4n) is 3.24. The molecule has 1 aliphatic heterocycles. The lowest BCUT2D eigenvalue weighted by molar-refractivity contribution is 0.0641. The molecule has 0 aliphatic carbocycles. The quantitative estimate of drug-likeness (QED) is 0.696. The van der Waals surface area contributed by atoms with Crippen molar-refractivity contribution in [1.29, 1.82) is 0 Å². The molecule has 0 saturated carbocycles. The van der Waals surface area contributed by atoms with Crippen LogP contribution in [0.25, 0.3) is 11.0 Å². The molecule has 10 heteroatoms. The van der Waals surface area contributed by atoms with Gasteiger partial charge in [0.05, 0.1) is 12.6 Å². The van der Waals surface area contributed by atoms with Gasteiger partial charge in [-0.25, -0.2) is 17.9 Å². The smallest absolute Gasteiger partial charge is 0.298 e. The molecule has 1 aromatic carbocycles. The lowest BCUT2D eigenvalue weighted by atomic mass is 10.1. The minimum atomic E-state index is -2.94. The maximum atomic E-state index is 13.9. The van der Waals surface area contributed by atoms with Gasteiger partial charge in [-0.3, -0.25) is 9.48 Å². The Balaban J connectivity index is 1.82. The summed E-state index contributed by atoms with van der Waals surface area (Å²) in [6.45, 7) is 0.737. The summed E-state index contributed by atoms with van der Waals surface area (Å²) in [5.74, 6) is -0.539. The number of halogens is 3. The summed E-state index contributed by atoms with van der Waals surface area (Å²) in [7, 11) is 0. The summed E-state index contributed by atoms with van der Waals surface area (Å²) in [5.41, 5.74) is -1.39. The van der Waals surface area contributed by atoms with Crippen LogP contribution in [0.4, 0.5) is 13.2 Å². The summed E-state index contributed by atoms with van der Waals surface area (Å²) in [6, 6.07) is 5.60. The van der Waals surface area contributed by atoms with Crippen molar-refractivity contribution in [3.63, 3.8) is 0 Å². The number of ether oxygens (including phenoxy) is 1. The highest BCUT2D eigenvalue weighted by molar-refractivity contribution is 5.75. The maximum Gasteiger partial charge on any atom is 0.298 e. The van der Waals surface area contributed by atoms with E-state index in [0.717, 1.165) is 4.68 Å². The average Bonchev–Trinajstić information content (AvgIpc) is 3.04. The van der Waals surface area contributed by atoms with Crippen molar-refractivity contribution >= 4 is 11.0 Å². The van der Waals surface area contributed by atoms with Gasteiger partial charge in [-0.1, -0.05) is 23.4 Å². The normalized spacial score (nSPS) is 15.7. The third-order valence-corrected chi connectivity index (χ3v) is 4.64. The topological polar surface area (TPSA) is 74.8 Å². The van der Waals surface area contributed by atoms with Crippen LogP contribution in [-0.4, -0.2) is 38.0 Å². The largest absolute Gasteiger partial charge is 0.381 e. The van der Waals surface area contributed by atoms with E-state index < -0.39 is 23.5 Å². The van der Waals surface area contributed by atoms with Crippen molar-refractivity contribution in [3.05, 3.63) is 51.7 Å². The lowest BCUT2D eigenvalue weighted by Crippen LogP contribution is -2.32. The van der Waals surface area contributed by atoms with Gasteiger partial charge in [0.2, 0.25) is 0 Å². The Kier molecular flexibility index (Phi) is 4.65. The molecule has 0 spiro atoms. The van der Waals surface area contributed by atoms with E-state index in [1.807, 2.05) is 0 Å². The Morgan fingerprint density at radius 3 is 2.63 bits per heavy atom. The number of nitrogens with zero attached hydrogens (tertiary/aromatic N) is 5. The van der Waals surface area contributed by atoms with Crippen LogP contribution in [0, 0.1) is 5.82 Å². The van der Waals surface area contributed by atoms with E-state index in [1.54, 1.807) is 6.07 Å². The molecule has 3 aromatic rings. The van der Waals surface area contributed by atoms with Crippen molar-refractivity contribution < 1.29 is 17.9 Å². The van der Waals surface area contributed by atoms with E-state index >= 15 is 0 Å². The predicted molar refractivity (Wildman–Crippen MR) is 89.1 cm³/mol. The van der Waals surface area contributed by atoms with Crippen LogP contribution >= 0.6 is 0 Å². The molecular formula is C17H16F3N5O2. The SMILES string of the molecule is O=c1c2nn(Cc3ccccc3F)c(C(F)F)c2nnn1C1CCOCC1. The third kappa shape index (κ3) is 3.20. The van der Waals surface area contributed by atoms with Gasteiger partial charge in [0, 0.05) is 18.8 Å².